The number of nitrogens with zero attached hydrogens (tertiary/aromatic N) is 2. The van der Waals surface area contributed by atoms with Gasteiger partial charge in [0.05, 0.1) is 17.2 Å². The third kappa shape index (κ3) is 3.09. The van der Waals surface area contributed by atoms with Crippen molar-refractivity contribution < 1.29 is 15.0 Å². The fourth-order valence-electron chi connectivity index (χ4n) is 3.39. The van der Waals surface area contributed by atoms with Crippen molar-refractivity contribution in [1.82, 2.24) is 4.98 Å². The van der Waals surface area contributed by atoms with Crippen LogP contribution in [0, 0.1) is 11.3 Å². The van der Waals surface area contributed by atoms with Gasteiger partial charge in [0.2, 0.25) is 0 Å². The molecule has 22 heavy (non-hydrogen) atoms. The van der Waals surface area contributed by atoms with Crippen LogP contribution in [0.4, 0.5) is 5.82 Å². The second kappa shape index (κ2) is 5.88. The maximum atomic E-state index is 11.8. The first-order valence-corrected chi connectivity index (χ1v) is 8.13. The zero-order valence-corrected chi connectivity index (χ0v) is 13.0. The van der Waals surface area contributed by atoms with E-state index in [1.165, 1.54) is 12.8 Å². The molecular weight excluding hydrogens is 280 g/mol. The summed E-state index contributed by atoms with van der Waals surface area (Å²) < 4.78 is 0. The molecule has 2 fully saturated rings. The van der Waals surface area contributed by atoms with Crippen LogP contribution >= 0.6 is 0 Å². The SMILES string of the molecule is C[C@H](O)c1cccc(N2CCC(CC3CC3)(C(=O)O)CC2)n1. The van der Waals surface area contributed by atoms with Crippen molar-refractivity contribution in [1.29, 1.82) is 0 Å². The van der Waals surface area contributed by atoms with E-state index in [0.717, 1.165) is 25.3 Å². The van der Waals surface area contributed by atoms with Crippen LogP contribution in [-0.2, 0) is 4.79 Å². The number of carboxylic acid groups (broad SMARTS) is 1. The van der Waals surface area contributed by atoms with E-state index in [2.05, 4.69) is 9.88 Å². The molecule has 0 radical (unpaired) electrons. The monoisotopic (exact) mass is 304 g/mol. The van der Waals surface area contributed by atoms with Crippen molar-refractivity contribution in [3.63, 3.8) is 0 Å². The van der Waals surface area contributed by atoms with Crippen molar-refractivity contribution in [2.24, 2.45) is 11.3 Å². The van der Waals surface area contributed by atoms with Crippen LogP contribution in [0.5, 0.6) is 0 Å². The lowest BCUT2D eigenvalue weighted by Crippen LogP contribution is -2.45. The van der Waals surface area contributed by atoms with E-state index in [9.17, 15) is 15.0 Å². The van der Waals surface area contributed by atoms with Crippen LogP contribution in [0.3, 0.4) is 0 Å². The van der Waals surface area contributed by atoms with E-state index in [-0.39, 0.29) is 0 Å². The van der Waals surface area contributed by atoms with Crippen LogP contribution in [0.2, 0.25) is 0 Å². The molecule has 5 heteroatoms. The molecule has 1 saturated heterocycles. The van der Waals surface area contributed by atoms with Crippen molar-refractivity contribution in [2.45, 2.75) is 45.1 Å². The molecule has 1 aromatic rings. The highest BCUT2D eigenvalue weighted by Gasteiger charge is 2.45. The maximum absolute atomic E-state index is 11.8. The average Bonchev–Trinajstić information content (AvgIpc) is 3.32. The largest absolute Gasteiger partial charge is 0.481 e. The van der Waals surface area contributed by atoms with E-state index in [4.69, 9.17) is 0 Å². The Labute approximate surface area is 131 Å². The summed E-state index contributed by atoms with van der Waals surface area (Å²) in [5, 5.41) is 19.3. The molecule has 0 amide bonds. The number of piperidine rings is 1. The number of rotatable bonds is 5. The number of pyridine rings is 1. The van der Waals surface area contributed by atoms with Gasteiger partial charge < -0.3 is 15.1 Å². The Morgan fingerprint density at radius 1 is 1.41 bits per heavy atom. The second-order valence-electron chi connectivity index (χ2n) is 6.82. The van der Waals surface area contributed by atoms with Crippen LogP contribution in [0.25, 0.3) is 0 Å². The van der Waals surface area contributed by atoms with Crippen molar-refractivity contribution in [3.05, 3.63) is 23.9 Å². The van der Waals surface area contributed by atoms with Gasteiger partial charge in [-0.25, -0.2) is 4.98 Å². The predicted octanol–water partition coefficient (Wildman–Crippen LogP) is 2.61. The molecule has 1 aliphatic carbocycles. The smallest absolute Gasteiger partial charge is 0.309 e. The van der Waals surface area contributed by atoms with E-state index < -0.39 is 17.5 Å². The highest BCUT2D eigenvalue weighted by Crippen LogP contribution is 2.46. The molecule has 1 aromatic heterocycles. The molecule has 2 aliphatic rings. The summed E-state index contributed by atoms with van der Waals surface area (Å²) in [7, 11) is 0. The molecule has 5 nitrogen and oxygen atoms in total. The van der Waals surface area contributed by atoms with Gasteiger partial charge in [0.15, 0.2) is 0 Å². The molecule has 2 heterocycles. The van der Waals surface area contributed by atoms with Gasteiger partial charge in [-0.05, 0) is 44.2 Å². The number of aliphatic hydroxyl groups excluding tert-OH is 1. The molecule has 1 aliphatic heterocycles. The minimum Gasteiger partial charge on any atom is -0.481 e. The minimum absolute atomic E-state index is 0.542. The summed E-state index contributed by atoms with van der Waals surface area (Å²) >= 11 is 0. The van der Waals surface area contributed by atoms with Gasteiger partial charge in [0, 0.05) is 13.1 Å². The fraction of sp³-hybridized carbons (Fsp3) is 0.647. The Morgan fingerprint density at radius 2 is 2.09 bits per heavy atom. The Morgan fingerprint density at radius 3 is 2.64 bits per heavy atom. The molecule has 0 bridgehead atoms. The number of aliphatic hydroxyl groups is 1. The number of aromatic nitrogens is 1. The highest BCUT2D eigenvalue weighted by atomic mass is 16.4. The number of carbonyl (C=O) groups is 1. The summed E-state index contributed by atoms with van der Waals surface area (Å²) in [6.45, 7) is 3.14. The molecule has 120 valence electrons. The Kier molecular flexibility index (Phi) is 4.08. The fourth-order valence-corrected chi connectivity index (χ4v) is 3.39. The molecule has 1 saturated carbocycles. The molecule has 0 spiro atoms. The quantitative estimate of drug-likeness (QED) is 0.874. The number of aliphatic carboxylic acids is 1. The van der Waals surface area contributed by atoms with Crippen molar-refractivity contribution in [2.75, 3.05) is 18.0 Å². The normalized spacial score (nSPS) is 22.4. The third-order valence-electron chi connectivity index (χ3n) is 5.06. The molecule has 3 rings (SSSR count). The maximum Gasteiger partial charge on any atom is 0.309 e. The summed E-state index contributed by atoms with van der Waals surface area (Å²) in [5.41, 5.74) is 0.116. The summed E-state index contributed by atoms with van der Waals surface area (Å²) in [6, 6.07) is 5.64. The van der Waals surface area contributed by atoms with E-state index in [1.54, 1.807) is 6.92 Å². The van der Waals surface area contributed by atoms with Gasteiger partial charge in [-0.3, -0.25) is 4.79 Å². The number of hydrogen-bond donors (Lipinski definition) is 2. The molecule has 1 atom stereocenters. The molecule has 0 aromatic carbocycles. The Bertz CT molecular complexity index is 547. The molecule has 0 unspecified atom stereocenters. The van der Waals surface area contributed by atoms with Gasteiger partial charge in [0.25, 0.3) is 0 Å². The summed E-state index contributed by atoms with van der Waals surface area (Å²) in [5.74, 6) is 0.827. The topological polar surface area (TPSA) is 73.7 Å². The minimum atomic E-state index is -0.634. The standard InChI is InChI=1S/C17H24N2O3/c1-12(20)14-3-2-4-15(18-14)19-9-7-17(8-10-19,16(21)22)11-13-5-6-13/h2-4,12-13,20H,5-11H2,1H3,(H,21,22)/t12-/m0/s1. The average molecular weight is 304 g/mol. The predicted molar refractivity (Wildman–Crippen MR) is 83.7 cm³/mol. The van der Waals surface area contributed by atoms with E-state index in [0.29, 0.717) is 24.5 Å². The second-order valence-corrected chi connectivity index (χ2v) is 6.82. The zero-order chi connectivity index (χ0) is 15.7. The number of hydrogen-bond acceptors (Lipinski definition) is 4. The number of carboxylic acids is 1. The highest BCUT2D eigenvalue weighted by molar-refractivity contribution is 5.75. The van der Waals surface area contributed by atoms with Gasteiger partial charge in [0.1, 0.15) is 5.82 Å². The van der Waals surface area contributed by atoms with Crippen LogP contribution in [-0.4, -0.2) is 34.3 Å². The van der Waals surface area contributed by atoms with Crippen LogP contribution < -0.4 is 4.90 Å². The van der Waals surface area contributed by atoms with Crippen LogP contribution in [0.1, 0.15) is 50.8 Å². The van der Waals surface area contributed by atoms with Crippen molar-refractivity contribution >= 4 is 11.8 Å². The zero-order valence-electron chi connectivity index (χ0n) is 13.0. The summed E-state index contributed by atoms with van der Waals surface area (Å²) in [6.07, 6.45) is 3.99. The lowest BCUT2D eigenvalue weighted by Gasteiger charge is -2.39. The molecule has 2 N–H and O–H groups in total. The third-order valence-corrected chi connectivity index (χ3v) is 5.06. The molecular formula is C17H24N2O3. The van der Waals surface area contributed by atoms with Crippen molar-refractivity contribution in [3.8, 4) is 0 Å². The van der Waals surface area contributed by atoms with Gasteiger partial charge in [-0.15, -0.1) is 0 Å². The first kappa shape index (κ1) is 15.3. The Balaban J connectivity index is 1.70. The van der Waals surface area contributed by atoms with Gasteiger partial charge in [-0.1, -0.05) is 18.9 Å². The van der Waals surface area contributed by atoms with Gasteiger partial charge in [-0.2, -0.15) is 0 Å². The lowest BCUT2D eigenvalue weighted by atomic mass is 9.74. The number of anilines is 1. The van der Waals surface area contributed by atoms with Crippen LogP contribution in [0.15, 0.2) is 18.2 Å². The summed E-state index contributed by atoms with van der Waals surface area (Å²) in [4.78, 5) is 18.4. The first-order chi connectivity index (χ1) is 10.5. The Hall–Kier alpha value is -1.62. The van der Waals surface area contributed by atoms with Gasteiger partial charge >= 0.3 is 5.97 Å². The van der Waals surface area contributed by atoms with E-state index >= 15 is 0 Å². The lowest BCUT2D eigenvalue weighted by molar-refractivity contribution is -0.151. The first-order valence-electron chi connectivity index (χ1n) is 8.13. The van der Waals surface area contributed by atoms with E-state index in [1.807, 2.05) is 18.2 Å².